The molecule has 550 valence electrons. The van der Waals surface area contributed by atoms with Crippen molar-refractivity contribution in [3.05, 3.63) is 97.2 Å². The molecule has 0 aromatic heterocycles. The number of carboxylic acid groups (broad SMARTS) is 1. The molecule has 0 N–H and O–H groups in total. The number of nitrogens with zero attached hydrogens (tertiary/aromatic N) is 1. The molecule has 0 aromatic carbocycles. The number of rotatable bonds is 75. The molecule has 0 saturated carbocycles. The Kier molecular flexibility index (Phi) is 72.9. The number of hydrogen-bond donors (Lipinski definition) is 0. The molecule has 0 aliphatic rings. The van der Waals surface area contributed by atoms with Crippen LogP contribution in [0.5, 0.6) is 0 Å². The molecule has 0 aliphatic carbocycles. The fourth-order valence-corrected chi connectivity index (χ4v) is 11.7. The third-order valence-corrected chi connectivity index (χ3v) is 17.8. The lowest BCUT2D eigenvalue weighted by Gasteiger charge is -2.26. The molecule has 0 spiro atoms. The lowest BCUT2D eigenvalue weighted by Crippen LogP contribution is -2.44. The number of carbonyl (C=O) groups excluding carboxylic acids is 3. The predicted octanol–water partition coefficient (Wildman–Crippen LogP) is 24.6. The zero-order valence-corrected chi connectivity index (χ0v) is 63.0. The summed E-state index contributed by atoms with van der Waals surface area (Å²) in [6.07, 6.45) is 103. The van der Waals surface area contributed by atoms with Gasteiger partial charge in [-0.1, -0.05) is 381 Å². The Balaban J connectivity index is 4.02. The van der Waals surface area contributed by atoms with E-state index >= 15 is 0 Å². The molecule has 9 heteroatoms. The van der Waals surface area contributed by atoms with Crippen molar-refractivity contribution in [2.75, 3.05) is 47.5 Å². The summed E-state index contributed by atoms with van der Waals surface area (Å²) in [7, 11) is 5.93. The van der Waals surface area contributed by atoms with Gasteiger partial charge in [0.05, 0.1) is 40.3 Å². The van der Waals surface area contributed by atoms with Gasteiger partial charge in [-0.2, -0.15) is 0 Å². The van der Waals surface area contributed by atoms with Gasteiger partial charge >= 0.3 is 11.9 Å². The SMILES string of the molecule is CC/C=C\C/C=C\C/C=C\C/C=C\C/C=C\C/C=C\C/C=C\C/C=C\CCCCCCCCC(=O)OC(COC(=O)CCCCCCCCCCCCCCCCCCCCCCCCCCCCCCCCCCCCCCCCC)COC(OCC[N+](C)(C)C)C(=O)[O-]. The Morgan fingerprint density at radius 3 is 0.895 bits per heavy atom. The van der Waals surface area contributed by atoms with Gasteiger partial charge in [-0.25, -0.2) is 0 Å². The van der Waals surface area contributed by atoms with Crippen molar-refractivity contribution < 1.29 is 42.9 Å². The first-order valence-corrected chi connectivity index (χ1v) is 40.4. The highest BCUT2D eigenvalue weighted by Gasteiger charge is 2.22. The van der Waals surface area contributed by atoms with E-state index < -0.39 is 24.3 Å². The van der Waals surface area contributed by atoms with Crippen molar-refractivity contribution in [3.63, 3.8) is 0 Å². The summed E-state index contributed by atoms with van der Waals surface area (Å²) in [5.41, 5.74) is 0. The number of unbranched alkanes of at least 4 members (excludes halogenated alkanes) is 44. The first kappa shape index (κ1) is 91.2. The van der Waals surface area contributed by atoms with Gasteiger partial charge in [-0.3, -0.25) is 9.59 Å². The van der Waals surface area contributed by atoms with Crippen molar-refractivity contribution >= 4 is 17.9 Å². The summed E-state index contributed by atoms with van der Waals surface area (Å²) in [5, 5.41) is 11.9. The largest absolute Gasteiger partial charge is 0.545 e. The Labute approximate surface area is 588 Å². The number of esters is 2. The van der Waals surface area contributed by atoms with E-state index in [9.17, 15) is 19.5 Å². The van der Waals surface area contributed by atoms with Crippen molar-refractivity contribution in [2.45, 2.75) is 386 Å². The molecule has 0 aliphatic heterocycles. The lowest BCUT2D eigenvalue weighted by molar-refractivity contribution is -0.870. The Bertz CT molecular complexity index is 1890. The topological polar surface area (TPSA) is 111 Å². The summed E-state index contributed by atoms with van der Waals surface area (Å²) in [4.78, 5) is 37.6. The molecule has 0 bridgehead atoms. The van der Waals surface area contributed by atoms with Gasteiger partial charge in [0.15, 0.2) is 12.4 Å². The van der Waals surface area contributed by atoms with Crippen molar-refractivity contribution in [1.82, 2.24) is 0 Å². The van der Waals surface area contributed by atoms with Gasteiger partial charge in [0, 0.05) is 12.8 Å². The standard InChI is InChI=1S/C86H153NO8/c1-6-8-10-12-14-16-18-20-22-24-26-28-30-32-34-36-38-39-40-41-42-43-44-45-47-48-50-52-54-56-58-60-62-64-66-68-70-72-74-76-83(88)93-80-82(81-94-86(85(90)91)92-79-78-87(3,4)5)95-84(89)77-75-73-71-69-67-65-63-61-59-57-55-53-51-49-46-37-35-33-31-29-27-25-23-21-19-17-15-13-11-9-7-2/h9,11,15,17,21,23,27,29,33,35,46,49,53,55,59,61,82,86H,6-8,10,12-14,16,18-20,22,24-26,28,30-32,34,36-45,47-48,50-52,54,56-58,60,62-81H2,1-5H3/b11-9-,17-15-,23-21-,29-27-,35-33-,49-46-,55-53-,61-59-. The van der Waals surface area contributed by atoms with Crippen LogP contribution >= 0.6 is 0 Å². The smallest absolute Gasteiger partial charge is 0.306 e. The van der Waals surface area contributed by atoms with E-state index in [4.69, 9.17) is 18.9 Å². The van der Waals surface area contributed by atoms with Crippen LogP contribution in [0.2, 0.25) is 0 Å². The zero-order valence-electron chi connectivity index (χ0n) is 63.0. The summed E-state index contributed by atoms with van der Waals surface area (Å²) in [6, 6.07) is 0. The molecule has 9 nitrogen and oxygen atoms in total. The number of quaternary nitrogens is 1. The average molecular weight is 1330 g/mol. The number of ether oxygens (including phenoxy) is 4. The molecule has 0 fully saturated rings. The van der Waals surface area contributed by atoms with E-state index in [2.05, 4.69) is 111 Å². The van der Waals surface area contributed by atoms with E-state index in [0.717, 1.165) is 109 Å². The molecule has 0 rings (SSSR count). The zero-order chi connectivity index (χ0) is 69.0. The van der Waals surface area contributed by atoms with Gasteiger partial charge in [0.2, 0.25) is 0 Å². The minimum absolute atomic E-state index is 0.141. The number of carbonyl (C=O) groups is 3. The molecule has 0 saturated heterocycles. The normalized spacial score (nSPS) is 13.1. The summed E-state index contributed by atoms with van der Waals surface area (Å²) in [5.74, 6) is -2.29. The first-order chi connectivity index (χ1) is 46.6. The molecule has 0 aromatic rings. The van der Waals surface area contributed by atoms with Crippen LogP contribution in [-0.2, 0) is 33.3 Å². The predicted molar refractivity (Wildman–Crippen MR) is 407 cm³/mol. The lowest BCUT2D eigenvalue weighted by atomic mass is 10.0. The third kappa shape index (κ3) is 77.4. The highest BCUT2D eigenvalue weighted by Crippen LogP contribution is 2.19. The van der Waals surface area contributed by atoms with Crippen molar-refractivity contribution in [2.24, 2.45) is 0 Å². The Hall–Kier alpha value is -3.79. The molecular weight excluding hydrogens is 1170 g/mol. The quantitative estimate of drug-likeness (QED) is 0.0195. The molecule has 95 heavy (non-hydrogen) atoms. The molecule has 2 unspecified atom stereocenters. The van der Waals surface area contributed by atoms with Gasteiger partial charge in [-0.15, -0.1) is 0 Å². The number of likely N-dealkylation sites (N-methyl/N-ethyl adjacent to an activating group) is 1. The van der Waals surface area contributed by atoms with E-state index in [1.54, 1.807) is 0 Å². The number of hydrogen-bond acceptors (Lipinski definition) is 8. The van der Waals surface area contributed by atoms with E-state index in [0.29, 0.717) is 17.4 Å². The van der Waals surface area contributed by atoms with Gasteiger partial charge in [0.1, 0.15) is 13.2 Å². The second-order valence-corrected chi connectivity index (χ2v) is 28.3. The van der Waals surface area contributed by atoms with Crippen LogP contribution in [0.1, 0.15) is 373 Å². The Morgan fingerprint density at radius 2 is 0.600 bits per heavy atom. The summed E-state index contributed by atoms with van der Waals surface area (Å²) in [6.45, 7) is 4.66. The number of allylic oxidation sites excluding steroid dienone is 16. The van der Waals surface area contributed by atoms with Crippen LogP contribution in [-0.4, -0.2) is 82.3 Å². The van der Waals surface area contributed by atoms with E-state index in [1.807, 2.05) is 21.1 Å². The van der Waals surface area contributed by atoms with Crippen LogP contribution in [0.3, 0.4) is 0 Å². The highest BCUT2D eigenvalue weighted by atomic mass is 16.7. The van der Waals surface area contributed by atoms with Crippen LogP contribution in [0.4, 0.5) is 0 Å². The second kappa shape index (κ2) is 76.0. The maximum atomic E-state index is 13.0. The molecule has 0 heterocycles. The summed E-state index contributed by atoms with van der Waals surface area (Å²) < 4.78 is 22.8. The van der Waals surface area contributed by atoms with Crippen LogP contribution in [0, 0.1) is 0 Å². The third-order valence-electron chi connectivity index (χ3n) is 17.8. The molecular formula is C86H153NO8. The number of carboxylic acids is 1. The Morgan fingerprint density at radius 1 is 0.326 bits per heavy atom. The maximum Gasteiger partial charge on any atom is 0.306 e. The minimum Gasteiger partial charge on any atom is -0.545 e. The van der Waals surface area contributed by atoms with E-state index in [-0.39, 0.29) is 38.6 Å². The van der Waals surface area contributed by atoms with Gasteiger partial charge in [-0.05, 0) is 77.0 Å². The van der Waals surface area contributed by atoms with Crippen molar-refractivity contribution in [3.8, 4) is 0 Å². The van der Waals surface area contributed by atoms with Crippen LogP contribution < -0.4 is 5.11 Å². The fourth-order valence-electron chi connectivity index (χ4n) is 11.7. The second-order valence-electron chi connectivity index (χ2n) is 28.3. The average Bonchev–Trinajstić information content (AvgIpc) is 3.24. The molecule has 2 atom stereocenters. The molecule has 0 amide bonds. The monoisotopic (exact) mass is 1330 g/mol. The molecule has 0 radical (unpaired) electrons. The van der Waals surface area contributed by atoms with Crippen LogP contribution in [0.25, 0.3) is 0 Å². The van der Waals surface area contributed by atoms with Gasteiger partial charge in [0.25, 0.3) is 0 Å². The minimum atomic E-state index is -1.63. The van der Waals surface area contributed by atoms with E-state index in [1.165, 1.54) is 231 Å². The van der Waals surface area contributed by atoms with Gasteiger partial charge < -0.3 is 33.3 Å². The maximum absolute atomic E-state index is 13.0. The number of aliphatic carboxylic acids is 1. The van der Waals surface area contributed by atoms with Crippen molar-refractivity contribution in [1.29, 1.82) is 0 Å². The fraction of sp³-hybridized carbons (Fsp3) is 0.779. The highest BCUT2D eigenvalue weighted by molar-refractivity contribution is 5.70. The summed E-state index contributed by atoms with van der Waals surface area (Å²) >= 11 is 0. The first-order valence-electron chi connectivity index (χ1n) is 40.4. The van der Waals surface area contributed by atoms with Crippen LogP contribution in [0.15, 0.2) is 97.2 Å².